The first kappa shape index (κ1) is 22.6. The SMILES string of the molecule is [C-]#[N+]c1cnc(N)nc1N[C@@H](C)c1cc2cccc(-c3cncc(O)c3)c2c(=O)n1-c1ccccc1. The van der Waals surface area contributed by atoms with Crippen molar-refractivity contribution in [3.8, 4) is 22.6 Å². The summed E-state index contributed by atoms with van der Waals surface area (Å²) in [5, 5.41) is 14.4. The highest BCUT2D eigenvalue weighted by Gasteiger charge is 2.20. The van der Waals surface area contributed by atoms with Gasteiger partial charge in [0.2, 0.25) is 11.6 Å². The Morgan fingerprint density at radius 1 is 1.08 bits per heavy atom. The van der Waals surface area contributed by atoms with E-state index in [0.717, 1.165) is 5.39 Å². The number of pyridine rings is 2. The first-order valence-corrected chi connectivity index (χ1v) is 11.1. The topological polar surface area (TPSA) is 123 Å². The van der Waals surface area contributed by atoms with Gasteiger partial charge in [0.15, 0.2) is 0 Å². The number of rotatable bonds is 5. The third-order valence-electron chi connectivity index (χ3n) is 5.83. The molecule has 4 N–H and O–H groups in total. The number of nitrogen functional groups attached to an aromatic ring is 1. The molecule has 0 aliphatic carbocycles. The van der Waals surface area contributed by atoms with E-state index >= 15 is 0 Å². The molecule has 0 unspecified atom stereocenters. The molecule has 5 aromatic rings. The van der Waals surface area contributed by atoms with Crippen molar-refractivity contribution in [1.82, 2.24) is 19.5 Å². The second-order valence-electron chi connectivity index (χ2n) is 8.19. The van der Waals surface area contributed by atoms with Crippen LogP contribution in [-0.2, 0) is 0 Å². The van der Waals surface area contributed by atoms with E-state index < -0.39 is 6.04 Å². The summed E-state index contributed by atoms with van der Waals surface area (Å²) in [7, 11) is 0. The highest BCUT2D eigenvalue weighted by molar-refractivity contribution is 5.96. The Bertz CT molecular complexity index is 1690. The number of hydrogen-bond donors (Lipinski definition) is 3. The number of anilines is 2. The molecule has 3 aromatic heterocycles. The minimum absolute atomic E-state index is 0.0158. The van der Waals surface area contributed by atoms with E-state index in [1.807, 2.05) is 61.5 Å². The molecule has 9 nitrogen and oxygen atoms in total. The zero-order valence-corrected chi connectivity index (χ0v) is 19.3. The first-order valence-electron chi connectivity index (χ1n) is 11.1. The molecule has 2 aromatic carbocycles. The zero-order chi connectivity index (χ0) is 25.2. The summed E-state index contributed by atoms with van der Waals surface area (Å²) in [6.07, 6.45) is 4.33. The second-order valence-corrected chi connectivity index (χ2v) is 8.19. The van der Waals surface area contributed by atoms with Crippen LogP contribution in [0.4, 0.5) is 17.5 Å². The third-order valence-corrected chi connectivity index (χ3v) is 5.83. The average Bonchev–Trinajstić information content (AvgIpc) is 2.89. The molecule has 1 atom stereocenters. The van der Waals surface area contributed by atoms with Gasteiger partial charge in [-0.25, -0.2) is 14.8 Å². The summed E-state index contributed by atoms with van der Waals surface area (Å²) < 4.78 is 1.64. The molecule has 176 valence electrons. The van der Waals surface area contributed by atoms with Crippen LogP contribution in [0.3, 0.4) is 0 Å². The number of nitrogens with one attached hydrogen (secondary N) is 1. The van der Waals surface area contributed by atoms with Gasteiger partial charge in [0.05, 0.1) is 24.2 Å². The van der Waals surface area contributed by atoms with Crippen molar-refractivity contribution in [2.24, 2.45) is 0 Å². The lowest BCUT2D eigenvalue weighted by Crippen LogP contribution is -2.26. The number of benzene rings is 2. The van der Waals surface area contributed by atoms with Gasteiger partial charge in [0, 0.05) is 29.3 Å². The monoisotopic (exact) mass is 475 g/mol. The summed E-state index contributed by atoms with van der Waals surface area (Å²) in [5.41, 5.74) is 8.40. The van der Waals surface area contributed by atoms with Crippen LogP contribution >= 0.6 is 0 Å². The van der Waals surface area contributed by atoms with Crippen LogP contribution in [0.5, 0.6) is 5.75 Å². The lowest BCUT2D eigenvalue weighted by atomic mass is 9.98. The number of nitrogens with two attached hydrogens (primary N) is 1. The summed E-state index contributed by atoms with van der Waals surface area (Å²) >= 11 is 0. The van der Waals surface area contributed by atoms with Crippen molar-refractivity contribution in [2.45, 2.75) is 13.0 Å². The number of fused-ring (bicyclic) bond motifs is 1. The van der Waals surface area contributed by atoms with Crippen LogP contribution in [-0.4, -0.2) is 24.6 Å². The van der Waals surface area contributed by atoms with Gasteiger partial charge in [0.1, 0.15) is 11.6 Å². The van der Waals surface area contributed by atoms with Crippen molar-refractivity contribution in [1.29, 1.82) is 0 Å². The molecule has 0 fully saturated rings. The lowest BCUT2D eigenvalue weighted by molar-refractivity contribution is 0.473. The van der Waals surface area contributed by atoms with Crippen molar-refractivity contribution in [3.63, 3.8) is 0 Å². The van der Waals surface area contributed by atoms with Gasteiger partial charge in [-0.3, -0.25) is 14.3 Å². The van der Waals surface area contributed by atoms with E-state index in [1.54, 1.807) is 16.8 Å². The van der Waals surface area contributed by atoms with Gasteiger partial charge in [-0.2, -0.15) is 0 Å². The summed E-state index contributed by atoms with van der Waals surface area (Å²) in [4.78, 5) is 29.7. The minimum Gasteiger partial charge on any atom is -0.506 e. The summed E-state index contributed by atoms with van der Waals surface area (Å²) in [6, 6.07) is 18.0. The van der Waals surface area contributed by atoms with Crippen molar-refractivity contribution in [3.05, 3.63) is 107 Å². The molecule has 0 aliphatic heterocycles. The molecule has 5 rings (SSSR count). The summed E-state index contributed by atoms with van der Waals surface area (Å²) in [6.45, 7) is 9.31. The van der Waals surface area contributed by atoms with Crippen molar-refractivity contribution < 1.29 is 5.11 Å². The predicted octanol–water partition coefficient (Wildman–Crippen LogP) is 4.85. The largest absolute Gasteiger partial charge is 0.506 e. The second kappa shape index (κ2) is 9.19. The van der Waals surface area contributed by atoms with E-state index in [4.69, 9.17) is 12.3 Å². The molecule has 0 amide bonds. The number of para-hydroxylation sites is 1. The Kier molecular flexibility index (Phi) is 5.76. The lowest BCUT2D eigenvalue weighted by Gasteiger charge is -2.22. The fourth-order valence-corrected chi connectivity index (χ4v) is 4.22. The molecule has 36 heavy (non-hydrogen) atoms. The van der Waals surface area contributed by atoms with Crippen LogP contribution in [0.2, 0.25) is 0 Å². The zero-order valence-electron chi connectivity index (χ0n) is 19.3. The Hall–Kier alpha value is -5.23. The van der Waals surface area contributed by atoms with E-state index in [2.05, 4.69) is 25.1 Å². The maximum absolute atomic E-state index is 14.1. The fourth-order valence-electron chi connectivity index (χ4n) is 4.22. The van der Waals surface area contributed by atoms with Crippen LogP contribution in [0.25, 0.3) is 32.4 Å². The van der Waals surface area contributed by atoms with Crippen LogP contribution < -0.4 is 16.6 Å². The van der Waals surface area contributed by atoms with Crippen LogP contribution in [0, 0.1) is 6.57 Å². The molecule has 0 spiro atoms. The van der Waals surface area contributed by atoms with Gasteiger partial charge in [0.25, 0.3) is 5.56 Å². The van der Waals surface area contributed by atoms with Crippen molar-refractivity contribution >= 4 is 28.2 Å². The number of aromatic nitrogens is 4. The maximum Gasteiger partial charge on any atom is 0.263 e. The average molecular weight is 476 g/mol. The van der Waals surface area contributed by atoms with Crippen LogP contribution in [0.1, 0.15) is 18.7 Å². The van der Waals surface area contributed by atoms with Crippen molar-refractivity contribution in [2.75, 3.05) is 11.1 Å². The van der Waals surface area contributed by atoms with E-state index in [1.165, 1.54) is 12.4 Å². The first-order chi connectivity index (χ1) is 17.5. The number of hydrogen-bond acceptors (Lipinski definition) is 7. The molecular weight excluding hydrogens is 454 g/mol. The van der Waals surface area contributed by atoms with Gasteiger partial charge in [-0.15, -0.1) is 0 Å². The summed E-state index contributed by atoms with van der Waals surface area (Å²) in [5.74, 6) is 0.347. The van der Waals surface area contributed by atoms with E-state index in [0.29, 0.717) is 27.9 Å². The smallest absolute Gasteiger partial charge is 0.263 e. The Morgan fingerprint density at radius 3 is 2.64 bits per heavy atom. The Morgan fingerprint density at radius 2 is 1.89 bits per heavy atom. The van der Waals surface area contributed by atoms with Crippen LogP contribution in [0.15, 0.2) is 84.0 Å². The van der Waals surface area contributed by atoms with Gasteiger partial charge in [-0.05, 0) is 42.1 Å². The number of aromatic hydroxyl groups is 1. The highest BCUT2D eigenvalue weighted by atomic mass is 16.3. The maximum atomic E-state index is 14.1. The van der Waals surface area contributed by atoms with E-state index in [9.17, 15) is 9.90 Å². The fraction of sp³-hybridized carbons (Fsp3) is 0.0741. The molecule has 0 radical (unpaired) electrons. The quantitative estimate of drug-likeness (QED) is 0.310. The van der Waals surface area contributed by atoms with E-state index in [-0.39, 0.29) is 28.8 Å². The molecule has 0 saturated carbocycles. The Labute approximate surface area is 206 Å². The molecule has 3 heterocycles. The third kappa shape index (κ3) is 4.08. The highest BCUT2D eigenvalue weighted by Crippen LogP contribution is 2.32. The molecule has 0 aliphatic rings. The molecule has 0 bridgehead atoms. The Balaban J connectivity index is 1.75. The minimum atomic E-state index is -0.428. The molecule has 0 saturated heterocycles. The normalized spacial score (nSPS) is 11.7. The predicted molar refractivity (Wildman–Crippen MR) is 139 cm³/mol. The number of nitrogens with zero attached hydrogens (tertiary/aromatic N) is 5. The van der Waals surface area contributed by atoms with Gasteiger partial charge >= 0.3 is 0 Å². The standard InChI is InChI=1S/C27H21N7O2/c1-16(32-25-22(29-2)15-31-27(28)33-25)23-12-17-7-6-10-21(18-11-20(35)14-30-13-18)24(17)26(36)34(23)19-8-4-3-5-9-19/h3-16,35H,1H3,(H3,28,31,32,33)/t16-/m0/s1. The molecule has 9 heteroatoms. The van der Waals surface area contributed by atoms with Gasteiger partial charge < -0.3 is 16.2 Å². The van der Waals surface area contributed by atoms with Gasteiger partial charge in [-0.1, -0.05) is 36.4 Å². The molecular formula is C27H21N7O2.